The third-order valence-electron chi connectivity index (χ3n) is 6.76. The maximum absolute atomic E-state index is 13.4. The van der Waals surface area contributed by atoms with Crippen LogP contribution in [-0.2, 0) is 0 Å². The molecule has 0 radical (unpaired) electrons. The van der Waals surface area contributed by atoms with Crippen LogP contribution in [0.1, 0.15) is 121 Å². The number of benzene rings is 2. The third-order valence-corrected chi connectivity index (χ3v) is 6.76. The van der Waals surface area contributed by atoms with Crippen molar-refractivity contribution in [3.05, 3.63) is 58.1 Å². The summed E-state index contributed by atoms with van der Waals surface area (Å²) >= 11 is 0. The predicted octanol–water partition coefficient (Wildman–Crippen LogP) is 6.82. The van der Waals surface area contributed by atoms with Gasteiger partial charge in [-0.15, -0.1) is 0 Å². The lowest BCUT2D eigenvalue weighted by Gasteiger charge is -2.25. The number of aliphatic hydroxyl groups excluding tert-OH is 1. The van der Waals surface area contributed by atoms with Gasteiger partial charge < -0.3 is 14.6 Å². The molecule has 0 aliphatic heterocycles. The van der Waals surface area contributed by atoms with Crippen LogP contribution in [0.25, 0.3) is 0 Å². The zero-order valence-corrected chi connectivity index (χ0v) is 20.8. The molecule has 1 aliphatic carbocycles. The van der Waals surface area contributed by atoms with E-state index >= 15 is 0 Å². The molecule has 5 heteroatoms. The molecule has 0 spiro atoms. The highest BCUT2D eigenvalue weighted by molar-refractivity contribution is 6.30. The van der Waals surface area contributed by atoms with Crippen molar-refractivity contribution in [1.29, 1.82) is 0 Å². The summed E-state index contributed by atoms with van der Waals surface area (Å²) in [6.07, 6.45) is 12.0. The molecule has 0 aromatic heterocycles. The van der Waals surface area contributed by atoms with Crippen LogP contribution >= 0.6 is 0 Å². The molecule has 1 unspecified atom stereocenters. The van der Waals surface area contributed by atoms with Crippen LogP contribution in [0.2, 0.25) is 0 Å². The highest BCUT2D eigenvalue weighted by atomic mass is 16.5. The van der Waals surface area contributed by atoms with Gasteiger partial charge in [0.2, 0.25) is 0 Å². The minimum absolute atomic E-state index is 0.183. The molecule has 0 amide bonds. The van der Waals surface area contributed by atoms with E-state index in [4.69, 9.17) is 9.47 Å². The van der Waals surface area contributed by atoms with Gasteiger partial charge in [-0.25, -0.2) is 0 Å². The number of carbonyl (C=O) groups excluding carboxylic acids is 2. The molecule has 2 aromatic carbocycles. The molecule has 5 nitrogen and oxygen atoms in total. The summed E-state index contributed by atoms with van der Waals surface area (Å²) in [4.78, 5) is 26.6. The number of rotatable bonds is 14. The van der Waals surface area contributed by atoms with Crippen LogP contribution in [0.3, 0.4) is 0 Å². The Morgan fingerprint density at radius 1 is 0.765 bits per heavy atom. The SMILES string of the molecule is CCCCCCCCCCCCC(O)c1cc(OC)c2c(c1OC)C(=O)c1ccccc1C2=O. The van der Waals surface area contributed by atoms with Crippen molar-refractivity contribution >= 4 is 11.6 Å². The van der Waals surface area contributed by atoms with Gasteiger partial charge in [0.1, 0.15) is 11.5 Å². The minimum Gasteiger partial charge on any atom is -0.496 e. The first kappa shape index (κ1) is 26.0. The zero-order chi connectivity index (χ0) is 24.5. The van der Waals surface area contributed by atoms with Crippen LogP contribution in [0.5, 0.6) is 11.5 Å². The number of hydrogen-bond acceptors (Lipinski definition) is 5. The smallest absolute Gasteiger partial charge is 0.198 e. The molecule has 1 atom stereocenters. The molecule has 1 N–H and O–H groups in total. The first-order valence-corrected chi connectivity index (χ1v) is 12.7. The fourth-order valence-electron chi connectivity index (χ4n) is 4.86. The van der Waals surface area contributed by atoms with Crippen molar-refractivity contribution in [1.82, 2.24) is 0 Å². The summed E-state index contributed by atoms with van der Waals surface area (Å²) in [5.74, 6) is 0.00780. The first-order chi connectivity index (χ1) is 16.5. The second kappa shape index (κ2) is 12.7. The maximum Gasteiger partial charge on any atom is 0.198 e. The Labute approximate surface area is 203 Å². The summed E-state index contributed by atoms with van der Waals surface area (Å²) in [7, 11) is 2.94. The van der Waals surface area contributed by atoms with Crippen molar-refractivity contribution in [3.8, 4) is 11.5 Å². The lowest BCUT2D eigenvalue weighted by Crippen LogP contribution is -2.23. The fourth-order valence-corrected chi connectivity index (χ4v) is 4.86. The van der Waals surface area contributed by atoms with Gasteiger partial charge in [-0.3, -0.25) is 9.59 Å². The van der Waals surface area contributed by atoms with Crippen molar-refractivity contribution in [2.45, 2.75) is 83.7 Å². The lowest BCUT2D eigenvalue weighted by atomic mass is 9.81. The van der Waals surface area contributed by atoms with Crippen molar-refractivity contribution in [2.24, 2.45) is 0 Å². The van der Waals surface area contributed by atoms with Gasteiger partial charge in [-0.05, 0) is 12.5 Å². The number of fused-ring (bicyclic) bond motifs is 2. The van der Waals surface area contributed by atoms with Gasteiger partial charge in [0, 0.05) is 16.7 Å². The quantitative estimate of drug-likeness (QED) is 0.264. The van der Waals surface area contributed by atoms with Crippen LogP contribution < -0.4 is 9.47 Å². The summed E-state index contributed by atoms with van der Waals surface area (Å²) in [6.45, 7) is 2.24. The molecular formula is C29H38O5. The van der Waals surface area contributed by atoms with Crippen LogP contribution in [0, 0.1) is 0 Å². The third kappa shape index (κ3) is 5.69. The monoisotopic (exact) mass is 466 g/mol. The average molecular weight is 467 g/mol. The van der Waals surface area contributed by atoms with Gasteiger partial charge in [-0.1, -0.05) is 95.4 Å². The van der Waals surface area contributed by atoms with Gasteiger partial charge in [0.05, 0.1) is 31.5 Å². The lowest BCUT2D eigenvalue weighted by molar-refractivity contribution is 0.0972. The molecule has 2 aromatic rings. The first-order valence-electron chi connectivity index (χ1n) is 12.7. The molecule has 0 saturated heterocycles. The van der Waals surface area contributed by atoms with E-state index in [0.717, 1.165) is 19.3 Å². The van der Waals surface area contributed by atoms with E-state index < -0.39 is 6.10 Å². The van der Waals surface area contributed by atoms with Crippen molar-refractivity contribution < 1.29 is 24.2 Å². The van der Waals surface area contributed by atoms with E-state index in [2.05, 4.69) is 6.92 Å². The highest BCUT2D eigenvalue weighted by Crippen LogP contribution is 2.43. The highest BCUT2D eigenvalue weighted by Gasteiger charge is 2.37. The maximum atomic E-state index is 13.4. The number of ketones is 2. The van der Waals surface area contributed by atoms with E-state index in [1.54, 1.807) is 30.3 Å². The largest absolute Gasteiger partial charge is 0.496 e. The topological polar surface area (TPSA) is 72.8 Å². The minimum atomic E-state index is -0.803. The molecule has 3 rings (SSSR count). The van der Waals surface area contributed by atoms with Crippen LogP contribution in [0.4, 0.5) is 0 Å². The van der Waals surface area contributed by atoms with E-state index in [1.807, 2.05) is 0 Å². The molecular weight excluding hydrogens is 428 g/mol. The Morgan fingerprint density at radius 2 is 1.29 bits per heavy atom. The van der Waals surface area contributed by atoms with E-state index in [0.29, 0.717) is 28.9 Å². The Hall–Kier alpha value is -2.66. The van der Waals surface area contributed by atoms with Crippen molar-refractivity contribution in [3.63, 3.8) is 0 Å². The standard InChI is InChI=1S/C29H38O5/c1-4-5-6-7-8-9-10-11-12-13-18-23(30)22-19-24(33-2)25-26(29(22)34-3)28(32)21-17-15-14-16-20(21)27(25)31/h14-17,19,23,30H,4-13,18H2,1-3H3. The van der Waals surface area contributed by atoms with E-state index in [1.165, 1.54) is 59.2 Å². The number of hydrogen-bond donors (Lipinski definition) is 1. The zero-order valence-electron chi connectivity index (χ0n) is 20.8. The van der Waals surface area contributed by atoms with Gasteiger partial charge in [-0.2, -0.15) is 0 Å². The second-order valence-corrected chi connectivity index (χ2v) is 9.14. The Kier molecular flexibility index (Phi) is 9.70. The number of unbranched alkanes of at least 4 members (excludes halogenated alkanes) is 9. The van der Waals surface area contributed by atoms with Gasteiger partial charge in [0.15, 0.2) is 11.6 Å². The van der Waals surface area contributed by atoms with Crippen LogP contribution in [-0.4, -0.2) is 30.9 Å². The number of carbonyl (C=O) groups is 2. The summed E-state index contributed by atoms with van der Waals surface area (Å²) in [6, 6.07) is 8.43. The summed E-state index contributed by atoms with van der Waals surface area (Å²) in [5, 5.41) is 11.0. The Balaban J connectivity index is 1.69. The molecule has 0 fully saturated rings. The Morgan fingerprint density at radius 3 is 1.82 bits per heavy atom. The van der Waals surface area contributed by atoms with E-state index in [-0.39, 0.29) is 28.4 Å². The van der Waals surface area contributed by atoms with Gasteiger partial charge in [0.25, 0.3) is 0 Å². The van der Waals surface area contributed by atoms with Gasteiger partial charge >= 0.3 is 0 Å². The second-order valence-electron chi connectivity index (χ2n) is 9.14. The number of methoxy groups -OCH3 is 2. The number of aliphatic hydroxyl groups is 1. The normalized spacial score (nSPS) is 13.4. The molecule has 1 aliphatic rings. The van der Waals surface area contributed by atoms with E-state index in [9.17, 15) is 14.7 Å². The fraction of sp³-hybridized carbons (Fsp3) is 0.517. The molecule has 0 saturated carbocycles. The molecule has 0 heterocycles. The van der Waals surface area contributed by atoms with Crippen molar-refractivity contribution in [2.75, 3.05) is 14.2 Å². The predicted molar refractivity (Wildman–Crippen MR) is 134 cm³/mol. The average Bonchev–Trinajstić information content (AvgIpc) is 2.86. The summed E-state index contributed by atoms with van der Waals surface area (Å²) < 4.78 is 11.1. The molecule has 184 valence electrons. The molecule has 0 bridgehead atoms. The Bertz CT molecular complexity index is 994. The van der Waals surface area contributed by atoms with Crippen LogP contribution in [0.15, 0.2) is 30.3 Å². The summed E-state index contributed by atoms with van der Waals surface area (Å²) in [5.41, 5.74) is 1.59. The molecule has 34 heavy (non-hydrogen) atoms. The number of ether oxygens (including phenoxy) is 2.